The molecule has 1 aromatic carbocycles. The maximum atomic E-state index is 11.8. The van der Waals surface area contributed by atoms with Crippen LogP contribution < -0.4 is 16.0 Å². The van der Waals surface area contributed by atoms with Crippen molar-refractivity contribution in [2.24, 2.45) is 0 Å². The second kappa shape index (κ2) is 10.4. The predicted octanol–water partition coefficient (Wildman–Crippen LogP) is 4.63. The van der Waals surface area contributed by atoms with E-state index in [9.17, 15) is 4.79 Å². The number of nitrogens with one attached hydrogen (secondary N) is 3. The number of carbonyl (C=O) groups excluding carboxylic acids is 1. The van der Waals surface area contributed by atoms with Gasteiger partial charge in [-0.2, -0.15) is 0 Å². The highest BCUT2D eigenvalue weighted by molar-refractivity contribution is 7.98. The van der Waals surface area contributed by atoms with E-state index >= 15 is 0 Å². The van der Waals surface area contributed by atoms with Crippen LogP contribution in [-0.4, -0.2) is 39.8 Å². The third kappa shape index (κ3) is 5.70. The van der Waals surface area contributed by atoms with E-state index in [1.165, 1.54) is 11.8 Å². The molecule has 3 rings (SSSR count). The largest absolute Gasteiger partial charge is 0.359 e. The van der Waals surface area contributed by atoms with Crippen LogP contribution >= 0.6 is 23.1 Å². The van der Waals surface area contributed by atoms with Crippen molar-refractivity contribution in [3.63, 3.8) is 0 Å². The molecule has 0 saturated carbocycles. The minimum absolute atomic E-state index is 0.185. The van der Waals surface area contributed by atoms with E-state index in [1.54, 1.807) is 11.3 Å². The van der Waals surface area contributed by atoms with E-state index in [-0.39, 0.29) is 6.03 Å². The van der Waals surface area contributed by atoms with Crippen LogP contribution in [0.25, 0.3) is 21.8 Å². The average Bonchev–Trinajstić information content (AvgIpc) is 3.20. The summed E-state index contributed by atoms with van der Waals surface area (Å²) in [5.74, 6) is 0. The maximum Gasteiger partial charge on any atom is 0.315 e. The van der Waals surface area contributed by atoms with Crippen LogP contribution in [0.3, 0.4) is 0 Å². The fourth-order valence-electron chi connectivity index (χ4n) is 2.81. The highest BCUT2D eigenvalue weighted by Gasteiger charge is 2.14. The van der Waals surface area contributed by atoms with Crippen molar-refractivity contribution >= 4 is 34.3 Å². The Morgan fingerprint density at radius 3 is 2.67 bits per heavy atom. The van der Waals surface area contributed by atoms with Crippen molar-refractivity contribution in [3.8, 4) is 21.8 Å². The summed E-state index contributed by atoms with van der Waals surface area (Å²) in [6.45, 7) is 7.06. The molecule has 2 amide bonds. The second-order valence-electron chi connectivity index (χ2n) is 6.82. The number of thiazole rings is 1. The van der Waals surface area contributed by atoms with Crippen molar-refractivity contribution in [1.29, 1.82) is 0 Å². The molecule has 0 aliphatic heterocycles. The van der Waals surface area contributed by atoms with Gasteiger partial charge in [-0.15, -0.1) is 0 Å². The van der Waals surface area contributed by atoms with Crippen LogP contribution in [0.1, 0.15) is 26.3 Å². The summed E-state index contributed by atoms with van der Waals surface area (Å²) < 4.78 is 0. The van der Waals surface area contributed by atoms with Crippen LogP contribution in [0, 0.1) is 0 Å². The topological polar surface area (TPSA) is 91.8 Å². The molecule has 3 aromatic rings. The molecule has 30 heavy (non-hydrogen) atoms. The first-order valence-corrected chi connectivity index (χ1v) is 11.8. The molecule has 0 saturated heterocycles. The van der Waals surface area contributed by atoms with Crippen LogP contribution in [-0.2, 0) is 6.54 Å². The summed E-state index contributed by atoms with van der Waals surface area (Å²) >= 11 is 3.08. The molecule has 9 heteroatoms. The molecule has 0 atom stereocenters. The van der Waals surface area contributed by atoms with Gasteiger partial charge < -0.3 is 16.0 Å². The Morgan fingerprint density at radius 1 is 1.17 bits per heavy atom. The quantitative estimate of drug-likeness (QED) is 0.348. The first-order valence-electron chi connectivity index (χ1n) is 9.76. The van der Waals surface area contributed by atoms with Crippen molar-refractivity contribution in [2.45, 2.75) is 38.5 Å². The van der Waals surface area contributed by atoms with Crippen LogP contribution in [0.5, 0.6) is 0 Å². The number of amides is 2. The van der Waals surface area contributed by atoms with Crippen molar-refractivity contribution in [3.05, 3.63) is 42.1 Å². The van der Waals surface area contributed by atoms with E-state index in [0.29, 0.717) is 24.3 Å². The van der Waals surface area contributed by atoms with Crippen LogP contribution in [0.2, 0.25) is 0 Å². The Balaban J connectivity index is 1.94. The fourth-order valence-corrected chi connectivity index (χ4v) is 4.11. The zero-order chi connectivity index (χ0) is 21.5. The van der Waals surface area contributed by atoms with Crippen LogP contribution in [0.15, 0.2) is 41.7 Å². The van der Waals surface area contributed by atoms with Gasteiger partial charge in [0, 0.05) is 30.9 Å². The molecule has 0 radical (unpaired) electrons. The predicted molar refractivity (Wildman–Crippen MR) is 125 cm³/mol. The smallest absolute Gasteiger partial charge is 0.315 e. The minimum atomic E-state index is -0.185. The highest BCUT2D eigenvalue weighted by Crippen LogP contribution is 2.32. The van der Waals surface area contributed by atoms with E-state index in [1.807, 2.05) is 49.7 Å². The second-order valence-corrected chi connectivity index (χ2v) is 8.63. The van der Waals surface area contributed by atoms with Gasteiger partial charge in [-0.3, -0.25) is 0 Å². The number of benzene rings is 1. The highest BCUT2D eigenvalue weighted by atomic mass is 32.2. The van der Waals surface area contributed by atoms with Gasteiger partial charge in [0.2, 0.25) is 0 Å². The number of carbonyl (C=O) groups is 1. The fraction of sp³-hybridized carbons (Fsp3) is 0.333. The van der Waals surface area contributed by atoms with Crippen molar-refractivity contribution in [2.75, 3.05) is 18.1 Å². The number of rotatable bonds is 8. The summed E-state index contributed by atoms with van der Waals surface area (Å²) in [7, 11) is 0. The zero-order valence-electron chi connectivity index (χ0n) is 17.5. The van der Waals surface area contributed by atoms with Gasteiger partial charge in [0.05, 0.1) is 16.3 Å². The molecule has 3 N–H and O–H groups in total. The zero-order valence-corrected chi connectivity index (χ0v) is 19.2. The van der Waals surface area contributed by atoms with Crippen LogP contribution in [0.4, 0.5) is 9.93 Å². The molecule has 0 bridgehead atoms. The lowest BCUT2D eigenvalue weighted by atomic mass is 10.0. The molecule has 7 nitrogen and oxygen atoms in total. The van der Waals surface area contributed by atoms with Gasteiger partial charge in [0.1, 0.15) is 0 Å². The molecule has 2 heterocycles. The van der Waals surface area contributed by atoms with Gasteiger partial charge in [0.15, 0.2) is 10.3 Å². The van der Waals surface area contributed by atoms with Crippen molar-refractivity contribution < 1.29 is 4.79 Å². The number of anilines is 1. The SMILES string of the molecule is CCNC(=O)NCc1ccccc1-c1cc(-c2cnc(NC(C)C)s2)nc(SC)n1. The third-order valence-electron chi connectivity index (χ3n) is 4.13. The van der Waals surface area contributed by atoms with E-state index < -0.39 is 0 Å². The van der Waals surface area contributed by atoms with Gasteiger partial charge in [-0.1, -0.05) is 47.4 Å². The molecule has 158 valence electrons. The summed E-state index contributed by atoms with van der Waals surface area (Å²) in [6, 6.07) is 10.1. The van der Waals surface area contributed by atoms with E-state index in [2.05, 4.69) is 39.8 Å². The number of hydrogen-bond acceptors (Lipinski definition) is 7. The van der Waals surface area contributed by atoms with E-state index in [4.69, 9.17) is 4.98 Å². The Morgan fingerprint density at radius 2 is 1.93 bits per heavy atom. The Labute approximate surface area is 185 Å². The molecular formula is C21H26N6OS2. The van der Waals surface area contributed by atoms with Gasteiger partial charge in [-0.25, -0.2) is 19.7 Å². The van der Waals surface area contributed by atoms with Gasteiger partial charge in [0.25, 0.3) is 0 Å². The Hall–Kier alpha value is -2.65. The lowest BCUT2D eigenvalue weighted by Gasteiger charge is -2.12. The Kier molecular flexibility index (Phi) is 7.64. The normalized spacial score (nSPS) is 10.8. The number of hydrogen-bond donors (Lipinski definition) is 3. The minimum Gasteiger partial charge on any atom is -0.359 e. The Bertz CT molecular complexity index is 1000. The number of nitrogens with zero attached hydrogens (tertiary/aromatic N) is 3. The molecule has 0 spiro atoms. The molecule has 0 aliphatic rings. The molecule has 2 aromatic heterocycles. The standard InChI is InChI=1S/C21H26N6OS2/c1-5-22-19(28)23-11-14-8-6-7-9-15(14)16-10-17(27-21(26-16)29-4)18-12-24-20(30-18)25-13(2)3/h6-10,12-13H,5,11H2,1-4H3,(H,24,25)(H2,22,23,28). The summed E-state index contributed by atoms with van der Waals surface area (Å²) in [6.07, 6.45) is 3.80. The first-order chi connectivity index (χ1) is 14.5. The van der Waals surface area contributed by atoms with E-state index in [0.717, 1.165) is 32.5 Å². The lowest BCUT2D eigenvalue weighted by molar-refractivity contribution is 0.241. The number of thioether (sulfide) groups is 1. The summed E-state index contributed by atoms with van der Waals surface area (Å²) in [5, 5.41) is 10.5. The molecular weight excluding hydrogens is 416 g/mol. The van der Waals surface area contributed by atoms with Crippen molar-refractivity contribution in [1.82, 2.24) is 25.6 Å². The molecule has 0 fully saturated rings. The summed E-state index contributed by atoms with van der Waals surface area (Å²) in [5.41, 5.74) is 3.62. The third-order valence-corrected chi connectivity index (χ3v) is 5.63. The summed E-state index contributed by atoms with van der Waals surface area (Å²) in [4.78, 5) is 26.7. The number of aromatic nitrogens is 3. The average molecular weight is 443 g/mol. The maximum absolute atomic E-state index is 11.8. The van der Waals surface area contributed by atoms with Gasteiger partial charge in [-0.05, 0) is 38.7 Å². The number of urea groups is 1. The molecule has 0 unspecified atom stereocenters. The first kappa shape index (κ1) is 22.0. The molecule has 0 aliphatic carbocycles. The lowest BCUT2D eigenvalue weighted by Crippen LogP contribution is -2.34. The van der Waals surface area contributed by atoms with Gasteiger partial charge >= 0.3 is 6.03 Å². The monoisotopic (exact) mass is 442 g/mol.